The molecule has 1 aliphatic rings. The van der Waals surface area contributed by atoms with Crippen LogP contribution in [-0.2, 0) is 11.3 Å². The van der Waals surface area contributed by atoms with E-state index in [0.717, 1.165) is 45.7 Å². The number of hydrogen-bond donors (Lipinski definition) is 1. The van der Waals surface area contributed by atoms with Gasteiger partial charge in [0.2, 0.25) is 0 Å². The number of carbonyl (C=O) groups is 1. The van der Waals surface area contributed by atoms with Crippen molar-refractivity contribution in [1.29, 1.82) is 0 Å². The van der Waals surface area contributed by atoms with Gasteiger partial charge in [0.05, 0.1) is 29.3 Å². The van der Waals surface area contributed by atoms with Crippen molar-refractivity contribution in [3.63, 3.8) is 0 Å². The number of pyridine rings is 1. The van der Waals surface area contributed by atoms with E-state index in [2.05, 4.69) is 29.0 Å². The lowest BCUT2D eigenvalue weighted by molar-refractivity contribution is -0.0277. The maximum atomic E-state index is 13.4. The molecular weight excluding hydrogens is 439 g/mol. The van der Waals surface area contributed by atoms with Gasteiger partial charge >= 0.3 is 0 Å². The third-order valence-electron chi connectivity index (χ3n) is 5.58. The van der Waals surface area contributed by atoms with E-state index < -0.39 is 0 Å². The smallest absolute Gasteiger partial charge is 0.251 e. The second-order valence-corrected chi connectivity index (χ2v) is 10.1. The predicted molar refractivity (Wildman–Crippen MR) is 129 cm³/mol. The molecule has 33 heavy (non-hydrogen) atoms. The Bertz CT molecular complexity index is 1170. The fourth-order valence-electron chi connectivity index (χ4n) is 4.11. The average Bonchev–Trinajstić information content (AvgIpc) is 3.15. The van der Waals surface area contributed by atoms with Crippen LogP contribution in [0.15, 0.2) is 30.3 Å². The lowest BCUT2D eigenvalue weighted by atomic mass is 10.1. The van der Waals surface area contributed by atoms with Crippen molar-refractivity contribution in [3.05, 3.63) is 64.4 Å². The molecule has 4 rings (SSSR count). The molecule has 0 saturated carbocycles. The largest absolute Gasteiger partial charge is 0.372 e. The van der Waals surface area contributed by atoms with E-state index in [-0.39, 0.29) is 23.9 Å². The van der Waals surface area contributed by atoms with E-state index in [1.807, 2.05) is 26.0 Å². The Labute approximate surface area is 197 Å². The highest BCUT2D eigenvalue weighted by atomic mass is 32.1. The van der Waals surface area contributed by atoms with Crippen molar-refractivity contribution in [1.82, 2.24) is 15.3 Å². The van der Waals surface area contributed by atoms with Gasteiger partial charge in [0.25, 0.3) is 5.91 Å². The summed E-state index contributed by atoms with van der Waals surface area (Å²) < 4.78 is 19.3. The number of benzene rings is 1. The zero-order valence-electron chi connectivity index (χ0n) is 19.7. The number of aromatic nitrogens is 2. The van der Waals surface area contributed by atoms with Crippen molar-refractivity contribution >= 4 is 22.4 Å². The molecule has 2 aromatic heterocycles. The Hall–Kier alpha value is -2.84. The third kappa shape index (κ3) is 5.39. The minimum atomic E-state index is -0.354. The van der Waals surface area contributed by atoms with Gasteiger partial charge in [0, 0.05) is 30.0 Å². The number of anilines is 1. The summed E-state index contributed by atoms with van der Waals surface area (Å²) in [6, 6.07) is 8.27. The van der Waals surface area contributed by atoms with Crippen LogP contribution in [0.4, 0.5) is 9.52 Å². The molecule has 8 heteroatoms. The van der Waals surface area contributed by atoms with E-state index in [1.165, 1.54) is 18.2 Å². The van der Waals surface area contributed by atoms with Crippen LogP contribution >= 0.6 is 11.3 Å². The van der Waals surface area contributed by atoms with Gasteiger partial charge in [-0.05, 0) is 76.1 Å². The molecule has 0 spiro atoms. The Morgan fingerprint density at radius 2 is 1.91 bits per heavy atom. The van der Waals surface area contributed by atoms with Crippen LogP contribution in [0.5, 0.6) is 0 Å². The molecule has 0 aliphatic carbocycles. The molecule has 0 atom stereocenters. The number of hydrogen-bond acceptors (Lipinski definition) is 6. The highest BCUT2D eigenvalue weighted by Crippen LogP contribution is 2.37. The van der Waals surface area contributed by atoms with Gasteiger partial charge < -0.3 is 15.0 Å². The lowest BCUT2D eigenvalue weighted by Crippen LogP contribution is -2.48. The van der Waals surface area contributed by atoms with Crippen LogP contribution in [0.25, 0.3) is 10.4 Å². The molecule has 174 valence electrons. The zero-order valence-corrected chi connectivity index (χ0v) is 20.5. The van der Waals surface area contributed by atoms with Crippen LogP contribution in [0, 0.1) is 26.6 Å². The van der Waals surface area contributed by atoms with E-state index in [0.29, 0.717) is 17.7 Å². The first-order chi connectivity index (χ1) is 15.6. The van der Waals surface area contributed by atoms with Gasteiger partial charge in [-0.25, -0.2) is 9.37 Å². The summed E-state index contributed by atoms with van der Waals surface area (Å²) in [5.74, 6) is -0.602. The van der Waals surface area contributed by atoms with Crippen molar-refractivity contribution in [2.75, 3.05) is 24.6 Å². The van der Waals surface area contributed by atoms with E-state index in [9.17, 15) is 9.18 Å². The van der Waals surface area contributed by atoms with Crippen LogP contribution in [-0.4, -0.2) is 41.2 Å². The second-order valence-electron chi connectivity index (χ2n) is 9.08. The normalized spacial score (nSPS) is 15.5. The lowest BCUT2D eigenvalue weighted by Gasteiger charge is -2.38. The molecule has 1 amide bonds. The number of ether oxygens (including phenoxy) is 1. The standard InChI is InChI=1S/C25H29FN4O2S/c1-15-10-19(26)6-7-20(15)23(31)27-13-21-22(18-11-16(2)28-17(3)12-18)33-24(29-21)30-8-9-32-25(4,5)14-30/h6-7,10-12H,8-9,13-14H2,1-5H3,(H,27,31). The maximum Gasteiger partial charge on any atom is 0.251 e. The van der Waals surface area contributed by atoms with Gasteiger partial charge in [-0.1, -0.05) is 11.3 Å². The number of aryl methyl sites for hydroxylation is 3. The summed E-state index contributed by atoms with van der Waals surface area (Å²) >= 11 is 1.62. The number of halogens is 1. The SMILES string of the molecule is Cc1cc(-c2sc(N3CCOC(C)(C)C3)nc2CNC(=O)c2ccc(F)cc2C)cc(C)n1. The highest BCUT2D eigenvalue weighted by Gasteiger charge is 2.30. The molecule has 1 saturated heterocycles. The monoisotopic (exact) mass is 468 g/mol. The van der Waals surface area contributed by atoms with Crippen LogP contribution in [0.3, 0.4) is 0 Å². The van der Waals surface area contributed by atoms with Crippen molar-refractivity contribution in [3.8, 4) is 10.4 Å². The molecule has 0 radical (unpaired) electrons. The van der Waals surface area contributed by atoms with E-state index in [4.69, 9.17) is 9.72 Å². The van der Waals surface area contributed by atoms with Crippen LogP contribution < -0.4 is 10.2 Å². The number of nitrogens with one attached hydrogen (secondary N) is 1. The van der Waals surface area contributed by atoms with Crippen molar-refractivity contribution < 1.29 is 13.9 Å². The number of thiazole rings is 1. The van der Waals surface area contributed by atoms with Gasteiger partial charge in [-0.3, -0.25) is 9.78 Å². The minimum absolute atomic E-state index is 0.248. The Balaban J connectivity index is 1.65. The highest BCUT2D eigenvalue weighted by molar-refractivity contribution is 7.19. The number of nitrogens with zero attached hydrogens (tertiary/aromatic N) is 3. The molecule has 0 bridgehead atoms. The summed E-state index contributed by atoms with van der Waals surface area (Å²) in [4.78, 5) is 25.5. The molecule has 1 aromatic carbocycles. The molecule has 1 fully saturated rings. The Kier molecular flexibility index (Phi) is 6.50. The predicted octanol–water partition coefficient (Wildman–Crippen LogP) is 4.81. The van der Waals surface area contributed by atoms with Crippen molar-refractivity contribution in [2.24, 2.45) is 0 Å². The number of morpholine rings is 1. The second kappa shape index (κ2) is 9.19. The summed E-state index contributed by atoms with van der Waals surface area (Å²) in [6.07, 6.45) is 0. The average molecular weight is 469 g/mol. The minimum Gasteiger partial charge on any atom is -0.372 e. The van der Waals surface area contributed by atoms with Crippen molar-refractivity contribution in [2.45, 2.75) is 46.8 Å². The first-order valence-corrected chi connectivity index (χ1v) is 11.8. The molecule has 6 nitrogen and oxygen atoms in total. The molecule has 3 aromatic rings. The quantitative estimate of drug-likeness (QED) is 0.582. The summed E-state index contributed by atoms with van der Waals surface area (Å²) in [6.45, 7) is 12.3. The maximum absolute atomic E-state index is 13.4. The van der Waals surface area contributed by atoms with Crippen LogP contribution in [0.1, 0.15) is 46.9 Å². The molecular formula is C25H29FN4O2S. The first-order valence-electron chi connectivity index (χ1n) is 11.0. The Morgan fingerprint density at radius 1 is 1.18 bits per heavy atom. The third-order valence-corrected chi connectivity index (χ3v) is 6.78. The number of rotatable bonds is 5. The zero-order chi connectivity index (χ0) is 23.8. The number of carbonyl (C=O) groups excluding carboxylic acids is 1. The fraction of sp³-hybridized carbons (Fsp3) is 0.400. The molecule has 0 unspecified atom stereocenters. The van der Waals surface area contributed by atoms with Gasteiger partial charge in [0.15, 0.2) is 5.13 Å². The molecule has 1 N–H and O–H groups in total. The van der Waals surface area contributed by atoms with Gasteiger partial charge in [0.1, 0.15) is 5.82 Å². The number of amides is 1. The van der Waals surface area contributed by atoms with E-state index in [1.54, 1.807) is 18.3 Å². The van der Waals surface area contributed by atoms with Crippen LogP contribution in [0.2, 0.25) is 0 Å². The topological polar surface area (TPSA) is 67.3 Å². The Morgan fingerprint density at radius 3 is 2.58 bits per heavy atom. The molecule has 3 heterocycles. The molecule has 1 aliphatic heterocycles. The summed E-state index contributed by atoms with van der Waals surface area (Å²) in [7, 11) is 0. The summed E-state index contributed by atoms with van der Waals surface area (Å²) in [5, 5.41) is 3.88. The fourth-order valence-corrected chi connectivity index (χ4v) is 5.20. The van der Waals surface area contributed by atoms with E-state index >= 15 is 0 Å². The van der Waals surface area contributed by atoms with Gasteiger partial charge in [-0.15, -0.1) is 0 Å². The summed E-state index contributed by atoms with van der Waals surface area (Å²) in [5.41, 5.74) is 4.52. The first kappa shape index (κ1) is 23.3. The van der Waals surface area contributed by atoms with Gasteiger partial charge in [-0.2, -0.15) is 0 Å².